The topological polar surface area (TPSA) is 53.4 Å². The van der Waals surface area contributed by atoms with Gasteiger partial charge in [0.15, 0.2) is 0 Å². The van der Waals surface area contributed by atoms with Gasteiger partial charge in [0.1, 0.15) is 18.2 Å². The fraction of sp³-hybridized carbons (Fsp3) is 0.286. The van der Waals surface area contributed by atoms with Crippen molar-refractivity contribution in [2.75, 3.05) is 19.8 Å². The zero-order valence-electron chi connectivity index (χ0n) is 19.8. The van der Waals surface area contributed by atoms with Crippen molar-refractivity contribution in [3.8, 4) is 17.1 Å². The maximum atomic E-state index is 13.2. The minimum Gasteiger partial charge on any atom is -0.491 e. The monoisotopic (exact) mass is 476 g/mol. The fourth-order valence-corrected chi connectivity index (χ4v) is 3.85. The normalized spacial score (nSPS) is 11.6. The number of halogens is 1. The largest absolute Gasteiger partial charge is 0.491 e. The predicted molar refractivity (Wildman–Crippen MR) is 138 cm³/mol. The molecular formula is C28H29ClN2O3. The summed E-state index contributed by atoms with van der Waals surface area (Å²) < 4.78 is 13.2. The van der Waals surface area contributed by atoms with Gasteiger partial charge in [0, 0.05) is 10.6 Å². The van der Waals surface area contributed by atoms with Crippen molar-refractivity contribution < 1.29 is 9.47 Å². The van der Waals surface area contributed by atoms with Crippen molar-refractivity contribution in [1.29, 1.82) is 0 Å². The fourth-order valence-electron chi connectivity index (χ4n) is 3.72. The van der Waals surface area contributed by atoms with Gasteiger partial charge >= 0.3 is 0 Å². The lowest BCUT2D eigenvalue weighted by Crippen LogP contribution is -2.26. The molecule has 4 rings (SSSR count). The van der Waals surface area contributed by atoms with Crippen LogP contribution in [0.15, 0.2) is 77.6 Å². The average molecular weight is 477 g/mol. The van der Waals surface area contributed by atoms with E-state index in [1.165, 1.54) is 5.56 Å². The van der Waals surface area contributed by atoms with E-state index in [1.54, 1.807) is 22.8 Å². The van der Waals surface area contributed by atoms with Crippen molar-refractivity contribution in [3.63, 3.8) is 0 Å². The Morgan fingerprint density at radius 1 is 0.882 bits per heavy atom. The van der Waals surface area contributed by atoms with Gasteiger partial charge in [-0.1, -0.05) is 56.6 Å². The number of rotatable bonds is 8. The zero-order valence-corrected chi connectivity index (χ0v) is 20.5. The summed E-state index contributed by atoms with van der Waals surface area (Å²) in [7, 11) is 0. The third-order valence-corrected chi connectivity index (χ3v) is 5.89. The second kappa shape index (κ2) is 10.4. The maximum absolute atomic E-state index is 13.2. The van der Waals surface area contributed by atoms with Crippen LogP contribution in [-0.4, -0.2) is 29.4 Å². The molecule has 0 amide bonds. The molecule has 0 N–H and O–H groups in total. The summed E-state index contributed by atoms with van der Waals surface area (Å²) in [5.41, 5.74) is 2.79. The molecule has 5 nitrogen and oxygen atoms in total. The Kier molecular flexibility index (Phi) is 7.35. The van der Waals surface area contributed by atoms with Crippen LogP contribution in [0.1, 0.15) is 26.3 Å². The Morgan fingerprint density at radius 2 is 1.59 bits per heavy atom. The molecule has 1 aromatic heterocycles. The van der Waals surface area contributed by atoms with E-state index < -0.39 is 0 Å². The summed E-state index contributed by atoms with van der Waals surface area (Å²) in [5.74, 6) is 1.41. The zero-order chi connectivity index (χ0) is 24.1. The Bertz CT molecular complexity index is 1310. The number of aromatic nitrogens is 2. The molecular weight excluding hydrogens is 448 g/mol. The first-order valence-corrected chi connectivity index (χ1v) is 11.8. The van der Waals surface area contributed by atoms with Gasteiger partial charge in [-0.25, -0.2) is 4.98 Å². The van der Waals surface area contributed by atoms with Gasteiger partial charge in [0.05, 0.1) is 30.7 Å². The summed E-state index contributed by atoms with van der Waals surface area (Å²) >= 11 is 6.05. The van der Waals surface area contributed by atoms with Crippen LogP contribution >= 0.6 is 11.6 Å². The second-order valence-electron chi connectivity index (χ2n) is 9.15. The highest BCUT2D eigenvalue weighted by molar-refractivity contribution is 6.30. The average Bonchev–Trinajstić information content (AvgIpc) is 2.82. The summed E-state index contributed by atoms with van der Waals surface area (Å²) in [5, 5.41) is 1.22. The number of hydrogen-bond acceptors (Lipinski definition) is 4. The van der Waals surface area contributed by atoms with Gasteiger partial charge in [-0.3, -0.25) is 9.36 Å². The summed E-state index contributed by atoms with van der Waals surface area (Å²) in [6, 6.07) is 22.9. The molecule has 0 radical (unpaired) electrons. The molecule has 1 heterocycles. The molecule has 0 atom stereocenters. The lowest BCUT2D eigenvalue weighted by molar-refractivity contribution is 0.0940. The predicted octanol–water partition coefficient (Wildman–Crippen LogP) is 6.11. The molecule has 0 saturated carbocycles. The van der Waals surface area contributed by atoms with Crippen LogP contribution in [0.4, 0.5) is 0 Å². The molecule has 0 unspecified atom stereocenters. The summed E-state index contributed by atoms with van der Waals surface area (Å²) in [6.07, 6.45) is 0. The number of benzene rings is 3. The van der Waals surface area contributed by atoms with Crippen molar-refractivity contribution in [2.24, 2.45) is 0 Å². The van der Waals surface area contributed by atoms with Crippen LogP contribution in [0, 0.1) is 0 Å². The molecule has 176 valence electrons. The lowest BCUT2D eigenvalue weighted by atomic mass is 9.87. The van der Waals surface area contributed by atoms with Gasteiger partial charge in [-0.05, 0) is 59.5 Å². The van der Waals surface area contributed by atoms with Crippen LogP contribution < -0.4 is 10.3 Å². The minimum atomic E-state index is -0.0886. The Labute approximate surface area is 204 Å². The van der Waals surface area contributed by atoms with E-state index in [9.17, 15) is 4.79 Å². The number of hydrogen-bond donors (Lipinski definition) is 0. The highest BCUT2D eigenvalue weighted by Crippen LogP contribution is 2.24. The summed E-state index contributed by atoms with van der Waals surface area (Å²) in [4.78, 5) is 18.0. The smallest absolute Gasteiger partial charge is 0.261 e. The maximum Gasteiger partial charge on any atom is 0.261 e. The lowest BCUT2D eigenvalue weighted by Gasteiger charge is -2.19. The van der Waals surface area contributed by atoms with Gasteiger partial charge in [0.25, 0.3) is 5.56 Å². The van der Waals surface area contributed by atoms with E-state index in [1.807, 2.05) is 42.5 Å². The number of ether oxygens (including phenoxy) is 2. The molecule has 0 aliphatic rings. The first-order chi connectivity index (χ1) is 16.3. The van der Waals surface area contributed by atoms with Crippen LogP contribution in [-0.2, 0) is 16.7 Å². The van der Waals surface area contributed by atoms with E-state index in [0.29, 0.717) is 48.1 Å². The second-order valence-corrected chi connectivity index (χ2v) is 9.59. The Balaban J connectivity index is 1.40. The SMILES string of the molecule is CC(C)(C)c1ccc(OCCOCCn2c(-c3ccc(Cl)cc3)nc3ccccc3c2=O)cc1. The van der Waals surface area contributed by atoms with Gasteiger partial charge in [0.2, 0.25) is 0 Å². The van der Waals surface area contributed by atoms with E-state index in [4.69, 9.17) is 26.1 Å². The molecule has 0 aliphatic heterocycles. The molecule has 3 aromatic carbocycles. The van der Waals surface area contributed by atoms with E-state index >= 15 is 0 Å². The van der Waals surface area contributed by atoms with Crippen LogP contribution in [0.25, 0.3) is 22.3 Å². The first kappa shape index (κ1) is 24.0. The molecule has 4 aromatic rings. The quantitative estimate of drug-likeness (QED) is 0.288. The highest BCUT2D eigenvalue weighted by Gasteiger charge is 2.14. The Morgan fingerprint density at radius 3 is 2.29 bits per heavy atom. The minimum absolute atomic E-state index is 0.0886. The molecule has 34 heavy (non-hydrogen) atoms. The van der Waals surface area contributed by atoms with Crippen molar-refractivity contribution in [3.05, 3.63) is 93.7 Å². The molecule has 0 saturated heterocycles. The molecule has 6 heteroatoms. The van der Waals surface area contributed by atoms with Crippen molar-refractivity contribution in [2.45, 2.75) is 32.7 Å². The van der Waals surface area contributed by atoms with E-state index in [-0.39, 0.29) is 11.0 Å². The highest BCUT2D eigenvalue weighted by atomic mass is 35.5. The van der Waals surface area contributed by atoms with Gasteiger partial charge in [-0.15, -0.1) is 0 Å². The molecule has 0 bridgehead atoms. The van der Waals surface area contributed by atoms with E-state index in [2.05, 4.69) is 32.9 Å². The first-order valence-electron chi connectivity index (χ1n) is 11.4. The van der Waals surface area contributed by atoms with Crippen LogP contribution in [0.5, 0.6) is 5.75 Å². The van der Waals surface area contributed by atoms with Crippen LogP contribution in [0.3, 0.4) is 0 Å². The third kappa shape index (κ3) is 5.66. The molecule has 0 spiro atoms. The molecule has 0 fully saturated rings. The standard InChI is InChI=1S/C28H29ClN2O3/c1-28(2,3)21-10-14-23(15-11-21)34-19-18-33-17-16-31-26(20-8-12-22(29)13-9-20)30-25-7-5-4-6-24(25)27(31)32/h4-15H,16-19H2,1-3H3. The third-order valence-electron chi connectivity index (χ3n) is 5.64. The number of para-hydroxylation sites is 1. The van der Waals surface area contributed by atoms with E-state index in [0.717, 1.165) is 11.3 Å². The van der Waals surface area contributed by atoms with Gasteiger partial charge < -0.3 is 9.47 Å². The summed E-state index contributed by atoms with van der Waals surface area (Å²) in [6.45, 7) is 8.17. The molecule has 0 aliphatic carbocycles. The number of fused-ring (bicyclic) bond motifs is 1. The van der Waals surface area contributed by atoms with Crippen LogP contribution in [0.2, 0.25) is 5.02 Å². The number of nitrogens with zero attached hydrogens (tertiary/aromatic N) is 2. The van der Waals surface area contributed by atoms with Gasteiger partial charge in [-0.2, -0.15) is 0 Å². The van der Waals surface area contributed by atoms with Crippen molar-refractivity contribution in [1.82, 2.24) is 9.55 Å². The van der Waals surface area contributed by atoms with Crippen molar-refractivity contribution >= 4 is 22.5 Å². The Hall–Kier alpha value is -3.15.